The van der Waals surface area contributed by atoms with Gasteiger partial charge >= 0.3 is 0 Å². The van der Waals surface area contributed by atoms with Crippen LogP contribution in [0.3, 0.4) is 0 Å². The highest BCUT2D eigenvalue weighted by atomic mass is 16.3. The Kier molecular flexibility index (Phi) is 4.32. The van der Waals surface area contributed by atoms with Gasteiger partial charge in [0.2, 0.25) is 0 Å². The summed E-state index contributed by atoms with van der Waals surface area (Å²) in [6.07, 6.45) is 3.13. The van der Waals surface area contributed by atoms with Crippen LogP contribution in [0.5, 0.6) is 0 Å². The molecule has 0 saturated heterocycles. The maximum Gasteiger partial charge on any atom is 0.108 e. The summed E-state index contributed by atoms with van der Waals surface area (Å²) in [7, 11) is 0. The molecule has 0 aromatic carbocycles. The van der Waals surface area contributed by atoms with Crippen molar-refractivity contribution in [2.45, 2.75) is 27.0 Å². The number of rotatable bonds is 3. The molecular formula is C8H17NO. The minimum absolute atomic E-state index is 0.0880. The first kappa shape index (κ1) is 9.66. The normalized spacial score (nSPS) is 18.2. The molecule has 2 nitrogen and oxygen atoms in total. The van der Waals surface area contributed by atoms with Crippen molar-refractivity contribution in [3.05, 3.63) is 12.2 Å². The van der Waals surface area contributed by atoms with Crippen LogP contribution >= 0.6 is 0 Å². The molecule has 0 amide bonds. The zero-order chi connectivity index (χ0) is 8.15. The van der Waals surface area contributed by atoms with E-state index in [1.165, 1.54) is 0 Å². The van der Waals surface area contributed by atoms with Gasteiger partial charge in [0.25, 0.3) is 0 Å². The van der Waals surface area contributed by atoms with Gasteiger partial charge < -0.3 is 10.8 Å². The fraction of sp³-hybridized carbons (Fsp3) is 0.750. The predicted molar refractivity (Wildman–Crippen MR) is 43.3 cm³/mol. The fourth-order valence-electron chi connectivity index (χ4n) is 0.953. The molecule has 0 aliphatic carbocycles. The molecule has 2 heteroatoms. The highest BCUT2D eigenvalue weighted by molar-refractivity contribution is 4.89. The molecule has 0 fully saturated rings. The molecule has 60 valence electrons. The van der Waals surface area contributed by atoms with Crippen LogP contribution in [-0.4, -0.2) is 11.3 Å². The maximum atomic E-state index is 9.04. The smallest absolute Gasteiger partial charge is 0.108 e. The van der Waals surface area contributed by atoms with Crippen molar-refractivity contribution in [2.24, 2.45) is 17.6 Å². The molecule has 0 heterocycles. The van der Waals surface area contributed by atoms with E-state index in [2.05, 4.69) is 0 Å². The van der Waals surface area contributed by atoms with E-state index in [9.17, 15) is 0 Å². The number of hydrogen-bond acceptors (Lipinski definition) is 2. The molecule has 0 aromatic rings. The summed E-state index contributed by atoms with van der Waals surface area (Å²) < 4.78 is 0. The first-order valence-electron chi connectivity index (χ1n) is 3.66. The summed E-state index contributed by atoms with van der Waals surface area (Å²) in [5, 5.41) is 9.04. The predicted octanol–water partition coefficient (Wildman–Crippen LogP) is 1.11. The van der Waals surface area contributed by atoms with Crippen molar-refractivity contribution in [1.29, 1.82) is 0 Å². The quantitative estimate of drug-likeness (QED) is 0.459. The second-order valence-electron chi connectivity index (χ2n) is 2.84. The van der Waals surface area contributed by atoms with Gasteiger partial charge in [0.1, 0.15) is 6.23 Å². The van der Waals surface area contributed by atoms with Crippen LogP contribution < -0.4 is 5.73 Å². The Labute approximate surface area is 62.7 Å². The summed E-state index contributed by atoms with van der Waals surface area (Å²) in [6, 6.07) is 0. The summed E-state index contributed by atoms with van der Waals surface area (Å²) in [5.74, 6) is 0.487. The van der Waals surface area contributed by atoms with E-state index >= 15 is 0 Å². The third kappa shape index (κ3) is 2.99. The topological polar surface area (TPSA) is 46.2 Å². The van der Waals surface area contributed by atoms with Gasteiger partial charge in [-0.2, -0.15) is 0 Å². The first-order chi connectivity index (χ1) is 4.59. The van der Waals surface area contributed by atoms with Crippen LogP contribution in [0, 0.1) is 11.8 Å². The summed E-state index contributed by atoms with van der Waals surface area (Å²) in [5.41, 5.74) is 5.33. The summed E-state index contributed by atoms with van der Waals surface area (Å²) in [6.45, 7) is 6.01. The molecule has 0 radical (unpaired) electrons. The average Bonchev–Trinajstić information content (AvgIpc) is 1.81. The second-order valence-corrected chi connectivity index (χ2v) is 2.84. The number of aliphatic hydroxyl groups is 1. The van der Waals surface area contributed by atoms with Crippen molar-refractivity contribution in [2.75, 3.05) is 0 Å². The Hall–Kier alpha value is -0.340. The zero-order valence-corrected chi connectivity index (χ0v) is 6.91. The molecule has 2 atom stereocenters. The Morgan fingerprint density at radius 1 is 1.40 bits per heavy atom. The summed E-state index contributed by atoms with van der Waals surface area (Å²) >= 11 is 0. The highest BCUT2D eigenvalue weighted by Crippen LogP contribution is 2.13. The number of hydrogen-bond donors (Lipinski definition) is 2. The molecular weight excluding hydrogens is 126 g/mol. The fourth-order valence-corrected chi connectivity index (χ4v) is 0.953. The molecule has 3 N–H and O–H groups in total. The third-order valence-electron chi connectivity index (χ3n) is 1.58. The van der Waals surface area contributed by atoms with Gasteiger partial charge in [0, 0.05) is 5.92 Å². The van der Waals surface area contributed by atoms with Gasteiger partial charge in [-0.3, -0.25) is 0 Å². The van der Waals surface area contributed by atoms with Crippen LogP contribution in [-0.2, 0) is 0 Å². The Balaban J connectivity index is 3.98. The molecule has 0 aliphatic rings. The van der Waals surface area contributed by atoms with Crippen LogP contribution in [0.15, 0.2) is 12.2 Å². The van der Waals surface area contributed by atoms with Crippen LogP contribution in [0.4, 0.5) is 0 Å². The Morgan fingerprint density at radius 2 is 1.90 bits per heavy atom. The van der Waals surface area contributed by atoms with E-state index in [0.717, 1.165) is 0 Å². The lowest BCUT2D eigenvalue weighted by molar-refractivity contribution is 0.113. The Morgan fingerprint density at radius 3 is 2.00 bits per heavy atom. The van der Waals surface area contributed by atoms with Crippen LogP contribution in [0.1, 0.15) is 20.8 Å². The van der Waals surface area contributed by atoms with Gasteiger partial charge in [0.15, 0.2) is 0 Å². The van der Waals surface area contributed by atoms with Gasteiger partial charge in [0.05, 0.1) is 0 Å². The molecule has 0 aromatic heterocycles. The first-order valence-corrected chi connectivity index (χ1v) is 3.66. The molecule has 0 rings (SSSR count). The molecule has 0 spiro atoms. The minimum Gasteiger partial charge on any atom is -0.378 e. The van der Waals surface area contributed by atoms with E-state index in [4.69, 9.17) is 10.8 Å². The molecule has 0 bridgehead atoms. The van der Waals surface area contributed by atoms with Crippen molar-refractivity contribution in [1.82, 2.24) is 0 Å². The van der Waals surface area contributed by atoms with Gasteiger partial charge in [-0.05, 0) is 12.8 Å². The van der Waals surface area contributed by atoms with Crippen LogP contribution in [0.2, 0.25) is 0 Å². The van der Waals surface area contributed by atoms with Gasteiger partial charge in [-0.1, -0.05) is 26.0 Å². The van der Waals surface area contributed by atoms with Crippen molar-refractivity contribution >= 4 is 0 Å². The summed E-state index contributed by atoms with van der Waals surface area (Å²) in [4.78, 5) is 0. The highest BCUT2D eigenvalue weighted by Gasteiger charge is 2.14. The molecule has 0 aliphatic heterocycles. The van der Waals surface area contributed by atoms with Crippen LogP contribution in [0.25, 0.3) is 0 Å². The minimum atomic E-state index is -0.726. The van der Waals surface area contributed by atoms with E-state index < -0.39 is 6.23 Å². The lowest BCUT2D eigenvalue weighted by Gasteiger charge is -2.19. The number of nitrogens with two attached hydrogens (primary N) is 1. The van der Waals surface area contributed by atoms with Crippen molar-refractivity contribution in [3.63, 3.8) is 0 Å². The van der Waals surface area contributed by atoms with Crippen molar-refractivity contribution in [3.8, 4) is 0 Å². The van der Waals surface area contributed by atoms with E-state index in [-0.39, 0.29) is 5.92 Å². The monoisotopic (exact) mass is 143 g/mol. The van der Waals surface area contributed by atoms with E-state index in [0.29, 0.717) is 5.92 Å². The molecule has 0 saturated carbocycles. The van der Waals surface area contributed by atoms with Crippen molar-refractivity contribution < 1.29 is 5.11 Å². The third-order valence-corrected chi connectivity index (χ3v) is 1.58. The number of allylic oxidation sites excluding steroid dienone is 1. The Bertz CT molecular complexity index is 99.8. The van der Waals surface area contributed by atoms with E-state index in [1.807, 2.05) is 32.9 Å². The number of aliphatic hydroxyl groups excluding tert-OH is 1. The standard InChI is InChI=1S/C8H17NO/c1-4-5-7(6(2)3)8(9)10/h4-8,10H,9H2,1-3H3/b5-4+/t7-,8?/m0/s1. The SMILES string of the molecule is C/C=C/[C@@H](C(C)C)C(N)O. The maximum absolute atomic E-state index is 9.04. The molecule has 1 unspecified atom stereocenters. The van der Waals surface area contributed by atoms with E-state index in [1.54, 1.807) is 0 Å². The average molecular weight is 143 g/mol. The second kappa shape index (κ2) is 4.47. The van der Waals surface area contributed by atoms with Gasteiger partial charge in [-0.15, -0.1) is 0 Å². The zero-order valence-electron chi connectivity index (χ0n) is 6.91. The largest absolute Gasteiger partial charge is 0.378 e. The lowest BCUT2D eigenvalue weighted by atomic mass is 9.94. The van der Waals surface area contributed by atoms with Gasteiger partial charge in [-0.25, -0.2) is 0 Å². The molecule has 10 heavy (non-hydrogen) atoms. The lowest BCUT2D eigenvalue weighted by Crippen LogP contribution is -2.31.